The molecule has 250 valence electrons. The molecule has 0 saturated carbocycles. The van der Waals surface area contributed by atoms with Gasteiger partial charge in [0.1, 0.15) is 51.9 Å². The van der Waals surface area contributed by atoms with E-state index in [2.05, 4.69) is 4.90 Å². The average Bonchev–Trinajstić information content (AvgIpc) is 3.04. The van der Waals surface area contributed by atoms with Crippen molar-refractivity contribution < 1.29 is 43.2 Å². The molecule has 6 rings (SSSR count). The first-order chi connectivity index (χ1) is 22.9. The number of halogens is 2. The van der Waals surface area contributed by atoms with E-state index < -0.39 is 45.5 Å². The summed E-state index contributed by atoms with van der Waals surface area (Å²) in [6, 6.07) is 9.03. The molecule has 0 aliphatic carbocycles. The predicted molar refractivity (Wildman–Crippen MR) is 172 cm³/mol. The fourth-order valence-electron chi connectivity index (χ4n) is 6.14. The number of piperazine rings is 1. The van der Waals surface area contributed by atoms with Crippen LogP contribution in [0.4, 0.5) is 14.5 Å². The van der Waals surface area contributed by atoms with Crippen LogP contribution < -0.4 is 20.5 Å². The molecule has 0 spiro atoms. The van der Waals surface area contributed by atoms with Gasteiger partial charge in [-0.25, -0.2) is 13.6 Å². The molecule has 4 N–H and O–H groups in total. The number of nitrogens with zero attached hydrogens (tertiary/aromatic N) is 3. The Labute approximate surface area is 270 Å². The first-order valence-electron chi connectivity index (χ1n) is 15.1. The molecule has 1 fully saturated rings. The van der Waals surface area contributed by atoms with E-state index in [1.807, 2.05) is 6.92 Å². The van der Waals surface area contributed by atoms with Gasteiger partial charge in [0.15, 0.2) is 11.6 Å². The molecule has 0 bridgehead atoms. The van der Waals surface area contributed by atoms with Crippen LogP contribution >= 0.6 is 0 Å². The zero-order valence-electron chi connectivity index (χ0n) is 25.9. The number of aromatic nitrogens is 1. The third-order valence-electron chi connectivity index (χ3n) is 8.58. The van der Waals surface area contributed by atoms with Crippen molar-refractivity contribution in [1.29, 1.82) is 0 Å². The maximum Gasteiger partial charge on any atom is 0.341 e. The van der Waals surface area contributed by atoms with Gasteiger partial charge >= 0.3 is 5.97 Å². The van der Waals surface area contributed by atoms with Gasteiger partial charge in [0.25, 0.3) is 0 Å². The van der Waals surface area contributed by atoms with Crippen LogP contribution in [-0.2, 0) is 6.54 Å². The number of phenolic OH excluding ortho intramolecular Hbond substituents is 2. The van der Waals surface area contributed by atoms with E-state index >= 15 is 8.78 Å². The number of rotatable bonds is 8. The largest absolute Gasteiger partial charge is 0.508 e. The number of carboxylic acid groups (broad SMARTS) is 1. The fraction of sp³-hybridized carbons (Fsp3) is 0.265. The van der Waals surface area contributed by atoms with Crippen LogP contribution in [0.5, 0.6) is 23.0 Å². The van der Waals surface area contributed by atoms with E-state index in [4.69, 9.17) is 9.15 Å². The maximum atomic E-state index is 15.9. The second-order valence-corrected chi connectivity index (χ2v) is 11.5. The van der Waals surface area contributed by atoms with Gasteiger partial charge in [-0.2, -0.15) is 0 Å². The van der Waals surface area contributed by atoms with Crippen LogP contribution in [0.1, 0.15) is 24.2 Å². The number of aromatic hydroxyl groups is 3. The Morgan fingerprint density at radius 2 is 1.77 bits per heavy atom. The Bertz CT molecular complexity index is 2200. The Morgan fingerprint density at radius 3 is 2.44 bits per heavy atom. The molecule has 1 saturated heterocycles. The monoisotopic (exact) mass is 663 g/mol. The molecule has 1 aliphatic heterocycles. The number of pyridine rings is 1. The van der Waals surface area contributed by atoms with Crippen molar-refractivity contribution in [2.75, 3.05) is 37.7 Å². The molecule has 5 aromatic rings. The van der Waals surface area contributed by atoms with E-state index in [1.54, 1.807) is 11.8 Å². The SMILES string of the molecule is CCn1cc(C(=O)O)c(=O)c2cc(F)c(N3CCN(CCOc4cc(O)c5c(=O)c(O)c(-c6ccc(O)cc6)oc5c4)C(C)C3)c(F)c21. The number of hydrogen-bond acceptors (Lipinski definition) is 10. The van der Waals surface area contributed by atoms with Gasteiger partial charge in [0.05, 0.1) is 10.9 Å². The smallest absolute Gasteiger partial charge is 0.341 e. The van der Waals surface area contributed by atoms with Crippen molar-refractivity contribution in [2.45, 2.75) is 26.4 Å². The maximum absolute atomic E-state index is 15.9. The highest BCUT2D eigenvalue weighted by Crippen LogP contribution is 2.36. The van der Waals surface area contributed by atoms with Crippen LogP contribution in [0, 0.1) is 11.6 Å². The number of benzene rings is 3. The van der Waals surface area contributed by atoms with Crippen molar-refractivity contribution in [1.82, 2.24) is 9.47 Å². The molecule has 0 radical (unpaired) electrons. The third kappa shape index (κ3) is 5.64. The Balaban J connectivity index is 1.18. The highest BCUT2D eigenvalue weighted by molar-refractivity contribution is 5.94. The molecule has 1 aliphatic rings. The number of aryl methyl sites for hydroxylation is 1. The lowest BCUT2D eigenvalue weighted by molar-refractivity contribution is 0.0694. The number of ether oxygens (including phenoxy) is 1. The molecule has 48 heavy (non-hydrogen) atoms. The van der Waals surface area contributed by atoms with Gasteiger partial charge < -0.3 is 39.0 Å². The molecule has 2 aromatic heterocycles. The molecular weight excluding hydrogens is 632 g/mol. The van der Waals surface area contributed by atoms with Crippen molar-refractivity contribution >= 4 is 33.5 Å². The second kappa shape index (κ2) is 12.5. The summed E-state index contributed by atoms with van der Waals surface area (Å²) in [5.74, 6) is -4.47. The van der Waals surface area contributed by atoms with Crippen molar-refractivity contribution in [3.8, 4) is 34.3 Å². The third-order valence-corrected chi connectivity index (χ3v) is 8.58. The van der Waals surface area contributed by atoms with Crippen molar-refractivity contribution in [3.63, 3.8) is 0 Å². The van der Waals surface area contributed by atoms with Crippen LogP contribution in [0.3, 0.4) is 0 Å². The highest BCUT2D eigenvalue weighted by atomic mass is 19.1. The zero-order chi connectivity index (χ0) is 34.4. The van der Waals surface area contributed by atoms with Crippen LogP contribution in [-0.4, -0.2) is 74.7 Å². The van der Waals surface area contributed by atoms with Gasteiger partial charge in [-0.1, -0.05) is 0 Å². The van der Waals surface area contributed by atoms with E-state index in [0.29, 0.717) is 18.7 Å². The van der Waals surface area contributed by atoms with E-state index in [-0.39, 0.29) is 77.1 Å². The first-order valence-corrected chi connectivity index (χ1v) is 15.1. The number of anilines is 1. The molecule has 3 aromatic carbocycles. The molecule has 14 heteroatoms. The summed E-state index contributed by atoms with van der Waals surface area (Å²) in [6.07, 6.45) is 1.07. The average molecular weight is 664 g/mol. The predicted octanol–water partition coefficient (Wildman–Crippen LogP) is 4.48. The molecular formula is C34H31F2N3O9. The molecule has 12 nitrogen and oxygen atoms in total. The van der Waals surface area contributed by atoms with Crippen LogP contribution in [0.2, 0.25) is 0 Å². The van der Waals surface area contributed by atoms with Crippen molar-refractivity contribution in [2.24, 2.45) is 0 Å². The minimum Gasteiger partial charge on any atom is -0.508 e. The second-order valence-electron chi connectivity index (χ2n) is 11.5. The van der Waals surface area contributed by atoms with Crippen LogP contribution in [0.25, 0.3) is 33.2 Å². The van der Waals surface area contributed by atoms with Gasteiger partial charge in [0.2, 0.25) is 16.6 Å². The summed E-state index contributed by atoms with van der Waals surface area (Å²) < 4.78 is 44.2. The van der Waals surface area contributed by atoms with Gasteiger partial charge in [-0.05, 0) is 44.2 Å². The molecule has 1 atom stereocenters. The van der Waals surface area contributed by atoms with Gasteiger partial charge in [0, 0.05) is 62.7 Å². The first kappa shape index (κ1) is 32.3. The van der Waals surface area contributed by atoms with E-state index in [1.165, 1.54) is 41.0 Å². The lowest BCUT2D eigenvalue weighted by atomic mass is 10.1. The Kier molecular flexibility index (Phi) is 8.43. The summed E-state index contributed by atoms with van der Waals surface area (Å²) in [7, 11) is 0. The Morgan fingerprint density at radius 1 is 1.04 bits per heavy atom. The molecule has 0 amide bonds. The molecule has 1 unspecified atom stereocenters. The number of carboxylic acids is 1. The number of carbonyl (C=O) groups is 1. The minimum atomic E-state index is -1.48. The summed E-state index contributed by atoms with van der Waals surface area (Å²) in [5, 5.41) is 39.4. The summed E-state index contributed by atoms with van der Waals surface area (Å²) >= 11 is 0. The lowest BCUT2D eigenvalue weighted by Crippen LogP contribution is -2.53. The Hall–Kier alpha value is -5.63. The van der Waals surface area contributed by atoms with E-state index in [9.17, 15) is 34.8 Å². The number of phenols is 2. The topological polar surface area (TPSA) is 166 Å². The number of hydrogen-bond donors (Lipinski definition) is 4. The standard InChI is InChI=1S/C34H31F2N3O9/c1-3-37-16-22(34(45)46)30(42)21-14-23(35)29(27(36)28(21)37)39-9-8-38(17(2)15-39)10-11-47-20-12-24(41)26-25(13-20)48-33(32(44)31(26)43)18-4-6-19(40)7-5-18/h4-7,12-14,16-17,40-41,44H,3,8-11,15H2,1-2H3,(H,45,46). The van der Waals surface area contributed by atoms with Crippen molar-refractivity contribution in [3.05, 3.63) is 86.3 Å². The minimum absolute atomic E-state index is 0.0142. The number of fused-ring (bicyclic) bond motifs is 2. The fourth-order valence-corrected chi connectivity index (χ4v) is 6.14. The lowest BCUT2D eigenvalue weighted by Gasteiger charge is -2.41. The highest BCUT2D eigenvalue weighted by Gasteiger charge is 2.30. The summed E-state index contributed by atoms with van der Waals surface area (Å²) in [5.41, 5.74) is -2.50. The molecule has 3 heterocycles. The van der Waals surface area contributed by atoms with Gasteiger partial charge in [-0.3, -0.25) is 14.5 Å². The number of aromatic carboxylic acids is 1. The quantitative estimate of drug-likeness (QED) is 0.185. The normalized spacial score (nSPS) is 15.3. The van der Waals surface area contributed by atoms with Crippen LogP contribution in [0.15, 0.2) is 62.7 Å². The summed E-state index contributed by atoms with van der Waals surface area (Å²) in [6.45, 7) is 5.17. The summed E-state index contributed by atoms with van der Waals surface area (Å²) in [4.78, 5) is 40.7. The van der Waals surface area contributed by atoms with Gasteiger partial charge in [-0.15, -0.1) is 0 Å². The zero-order valence-corrected chi connectivity index (χ0v) is 25.9. The van der Waals surface area contributed by atoms with E-state index in [0.717, 1.165) is 12.3 Å².